The van der Waals surface area contributed by atoms with Gasteiger partial charge < -0.3 is 14.9 Å². The zero-order chi connectivity index (χ0) is 11.0. The molecule has 78 valence electrons. The van der Waals surface area contributed by atoms with Crippen LogP contribution in [0.25, 0.3) is 0 Å². The normalized spacial score (nSPS) is 14.3. The molecule has 0 unspecified atom stereocenters. The van der Waals surface area contributed by atoms with E-state index in [2.05, 4.69) is 6.58 Å². The molecule has 0 amide bonds. The Hall–Kier alpha value is -1.97. The fourth-order valence-electron chi connectivity index (χ4n) is 1.75. The van der Waals surface area contributed by atoms with Crippen molar-refractivity contribution >= 4 is 17.3 Å². The predicted octanol–water partition coefficient (Wildman–Crippen LogP) is 1.50. The molecule has 1 heterocycles. The molecule has 4 nitrogen and oxygen atoms in total. The van der Waals surface area contributed by atoms with Gasteiger partial charge in [-0.05, 0) is 12.1 Å². The van der Waals surface area contributed by atoms with Crippen molar-refractivity contribution in [2.24, 2.45) is 0 Å². The summed E-state index contributed by atoms with van der Waals surface area (Å²) in [6, 6.07) is 7.66. The molecule has 0 spiro atoms. The maximum atomic E-state index is 10.7. The molecule has 1 aliphatic rings. The van der Waals surface area contributed by atoms with Crippen LogP contribution in [0, 0.1) is 0 Å². The van der Waals surface area contributed by atoms with Crippen molar-refractivity contribution in [3.63, 3.8) is 0 Å². The minimum atomic E-state index is -0.860. The first-order valence-electron chi connectivity index (χ1n) is 4.62. The van der Waals surface area contributed by atoms with Gasteiger partial charge in [0, 0.05) is 7.05 Å². The monoisotopic (exact) mass is 204 g/mol. The number of hydrogen-bond donors (Lipinski definition) is 1. The lowest BCUT2D eigenvalue weighted by Gasteiger charge is -2.19. The Kier molecular flexibility index (Phi) is 2.11. The van der Waals surface area contributed by atoms with Gasteiger partial charge in [0.1, 0.15) is 12.4 Å². The van der Waals surface area contributed by atoms with E-state index in [1.807, 2.05) is 36.2 Å². The fraction of sp³-hybridized carbons (Fsp3) is 0.182. The van der Waals surface area contributed by atoms with E-state index in [4.69, 9.17) is 5.11 Å². The first-order valence-corrected chi connectivity index (χ1v) is 4.62. The Morgan fingerprint density at radius 3 is 2.60 bits per heavy atom. The van der Waals surface area contributed by atoms with Crippen molar-refractivity contribution in [1.82, 2.24) is 0 Å². The number of rotatable bonds is 2. The molecule has 1 aliphatic heterocycles. The molecule has 0 atom stereocenters. The first kappa shape index (κ1) is 9.58. The number of nitrogens with zero attached hydrogens (tertiary/aromatic N) is 2. The third-order valence-electron chi connectivity index (χ3n) is 2.53. The van der Waals surface area contributed by atoms with Crippen LogP contribution >= 0.6 is 0 Å². The molecule has 0 radical (unpaired) electrons. The number of carboxylic acids is 1. The molecule has 0 aromatic heterocycles. The maximum Gasteiger partial charge on any atom is 0.323 e. The molecule has 2 rings (SSSR count). The summed E-state index contributed by atoms with van der Waals surface area (Å²) in [5.74, 6) is -0.167. The number of carbonyl (C=O) groups is 1. The Morgan fingerprint density at radius 2 is 2.00 bits per heavy atom. The maximum absolute atomic E-state index is 10.7. The van der Waals surface area contributed by atoms with Gasteiger partial charge in [0.2, 0.25) is 0 Å². The van der Waals surface area contributed by atoms with Crippen LogP contribution in [-0.4, -0.2) is 24.7 Å². The average molecular weight is 204 g/mol. The number of anilines is 2. The molecule has 1 N–H and O–H groups in total. The molecule has 0 fully saturated rings. The van der Waals surface area contributed by atoms with Gasteiger partial charge >= 0.3 is 5.97 Å². The fourth-order valence-corrected chi connectivity index (χ4v) is 1.75. The quantitative estimate of drug-likeness (QED) is 0.792. The van der Waals surface area contributed by atoms with Crippen LogP contribution < -0.4 is 9.80 Å². The average Bonchev–Trinajstić information content (AvgIpc) is 2.44. The zero-order valence-corrected chi connectivity index (χ0v) is 8.47. The van der Waals surface area contributed by atoms with E-state index in [-0.39, 0.29) is 6.54 Å². The lowest BCUT2D eigenvalue weighted by atomic mass is 10.2. The minimum absolute atomic E-state index is 0.0554. The third kappa shape index (κ3) is 1.44. The van der Waals surface area contributed by atoms with Crippen molar-refractivity contribution in [3.8, 4) is 0 Å². The van der Waals surface area contributed by atoms with Crippen molar-refractivity contribution in [3.05, 3.63) is 36.7 Å². The molecule has 0 saturated heterocycles. The van der Waals surface area contributed by atoms with Crippen LogP contribution in [0.4, 0.5) is 11.4 Å². The molecule has 4 heteroatoms. The van der Waals surface area contributed by atoms with E-state index >= 15 is 0 Å². The lowest BCUT2D eigenvalue weighted by Crippen LogP contribution is -2.29. The number of benzene rings is 1. The van der Waals surface area contributed by atoms with Crippen LogP contribution in [0.15, 0.2) is 36.7 Å². The van der Waals surface area contributed by atoms with Gasteiger partial charge in [-0.2, -0.15) is 0 Å². The van der Waals surface area contributed by atoms with Gasteiger partial charge in [0.15, 0.2) is 0 Å². The van der Waals surface area contributed by atoms with Gasteiger partial charge in [-0.15, -0.1) is 0 Å². The van der Waals surface area contributed by atoms with Gasteiger partial charge in [0.25, 0.3) is 0 Å². The second kappa shape index (κ2) is 3.31. The Balaban J connectivity index is 2.42. The molecule has 0 bridgehead atoms. The Bertz CT molecular complexity index is 428. The summed E-state index contributed by atoms with van der Waals surface area (Å²) >= 11 is 0. The van der Waals surface area contributed by atoms with Crippen LogP contribution in [-0.2, 0) is 4.79 Å². The van der Waals surface area contributed by atoms with Crippen LogP contribution in [0.3, 0.4) is 0 Å². The second-order valence-electron chi connectivity index (χ2n) is 3.44. The van der Waals surface area contributed by atoms with Crippen molar-refractivity contribution in [2.45, 2.75) is 0 Å². The van der Waals surface area contributed by atoms with E-state index in [0.717, 1.165) is 11.4 Å². The number of carboxylic acid groups (broad SMARTS) is 1. The zero-order valence-electron chi connectivity index (χ0n) is 8.47. The van der Waals surface area contributed by atoms with E-state index in [1.165, 1.54) is 0 Å². The van der Waals surface area contributed by atoms with E-state index < -0.39 is 5.97 Å². The summed E-state index contributed by atoms with van der Waals surface area (Å²) in [5.41, 5.74) is 1.89. The summed E-state index contributed by atoms with van der Waals surface area (Å²) in [6.07, 6.45) is 0. The number of hydrogen-bond acceptors (Lipinski definition) is 3. The van der Waals surface area contributed by atoms with Crippen LogP contribution in [0.5, 0.6) is 0 Å². The van der Waals surface area contributed by atoms with Gasteiger partial charge in [-0.25, -0.2) is 0 Å². The van der Waals surface area contributed by atoms with Gasteiger partial charge in [-0.1, -0.05) is 18.7 Å². The highest BCUT2D eigenvalue weighted by Crippen LogP contribution is 2.39. The smallest absolute Gasteiger partial charge is 0.323 e. The van der Waals surface area contributed by atoms with E-state index in [9.17, 15) is 4.79 Å². The second-order valence-corrected chi connectivity index (χ2v) is 3.44. The standard InChI is InChI=1S/C11H12N2O2/c1-8-12(2)9-5-3-4-6-10(9)13(8)7-11(14)15/h3-6H,1,7H2,2H3,(H,14,15). The largest absolute Gasteiger partial charge is 0.480 e. The summed E-state index contributed by atoms with van der Waals surface area (Å²) in [4.78, 5) is 14.3. The summed E-state index contributed by atoms with van der Waals surface area (Å²) in [5, 5.41) is 8.80. The highest BCUT2D eigenvalue weighted by molar-refractivity contribution is 5.86. The molecule has 0 saturated carbocycles. The third-order valence-corrected chi connectivity index (χ3v) is 2.53. The van der Waals surface area contributed by atoms with Gasteiger partial charge in [-0.3, -0.25) is 4.79 Å². The van der Waals surface area contributed by atoms with Crippen molar-refractivity contribution in [1.29, 1.82) is 0 Å². The highest BCUT2D eigenvalue weighted by Gasteiger charge is 2.27. The highest BCUT2D eigenvalue weighted by atomic mass is 16.4. The summed E-state index contributed by atoms with van der Waals surface area (Å²) in [7, 11) is 1.88. The molecule has 0 aliphatic carbocycles. The van der Waals surface area contributed by atoms with Crippen molar-refractivity contribution < 1.29 is 9.90 Å². The SMILES string of the molecule is C=C1N(C)c2ccccc2N1CC(=O)O. The van der Waals surface area contributed by atoms with Crippen LogP contribution in [0.1, 0.15) is 0 Å². The summed E-state index contributed by atoms with van der Waals surface area (Å²) in [6.45, 7) is 3.82. The van der Waals surface area contributed by atoms with Crippen molar-refractivity contribution in [2.75, 3.05) is 23.4 Å². The topological polar surface area (TPSA) is 43.8 Å². The molecule has 1 aromatic carbocycles. The molecular weight excluding hydrogens is 192 g/mol. The number of fused-ring (bicyclic) bond motifs is 1. The molecular formula is C11H12N2O2. The lowest BCUT2D eigenvalue weighted by molar-refractivity contribution is -0.135. The minimum Gasteiger partial charge on any atom is -0.480 e. The van der Waals surface area contributed by atoms with Crippen LogP contribution in [0.2, 0.25) is 0 Å². The molecule has 1 aromatic rings. The van der Waals surface area contributed by atoms with E-state index in [1.54, 1.807) is 4.90 Å². The number of para-hydroxylation sites is 2. The number of aliphatic carboxylic acids is 1. The summed E-state index contributed by atoms with van der Waals surface area (Å²) < 4.78 is 0. The first-order chi connectivity index (χ1) is 7.11. The predicted molar refractivity (Wildman–Crippen MR) is 59.0 cm³/mol. The van der Waals surface area contributed by atoms with Gasteiger partial charge in [0.05, 0.1) is 11.4 Å². The molecule has 15 heavy (non-hydrogen) atoms. The van der Waals surface area contributed by atoms with E-state index in [0.29, 0.717) is 5.82 Å². The Labute approximate surface area is 88.0 Å². The Morgan fingerprint density at radius 1 is 1.40 bits per heavy atom.